The second kappa shape index (κ2) is 2.40. The zero-order valence-electron chi connectivity index (χ0n) is 6.46. The second-order valence-corrected chi connectivity index (χ2v) is 2.54. The molecule has 0 saturated heterocycles. The van der Waals surface area contributed by atoms with Crippen molar-refractivity contribution in [2.75, 3.05) is 0 Å². The largest absolute Gasteiger partial charge is 0.372 e. The lowest BCUT2D eigenvalue weighted by Crippen LogP contribution is -2.18. The van der Waals surface area contributed by atoms with Crippen LogP contribution in [0, 0.1) is 19.3 Å². The van der Waals surface area contributed by atoms with Crippen molar-refractivity contribution in [2.45, 2.75) is 19.4 Å². The lowest BCUT2D eigenvalue weighted by atomic mass is 10.0. The molecule has 0 aliphatic carbocycles. The van der Waals surface area contributed by atoms with E-state index in [1.807, 2.05) is 0 Å². The summed E-state index contributed by atoms with van der Waals surface area (Å²) in [7, 11) is 0. The summed E-state index contributed by atoms with van der Waals surface area (Å²) in [6.45, 7) is 3.23. The summed E-state index contributed by atoms with van der Waals surface area (Å²) in [5, 5.41) is 13.0. The number of terminal acetylenes is 1. The van der Waals surface area contributed by atoms with Crippen molar-refractivity contribution in [3.8, 4) is 12.3 Å². The maximum Gasteiger partial charge on any atom is 0.168 e. The zero-order valence-corrected chi connectivity index (χ0v) is 6.46. The van der Waals surface area contributed by atoms with Crippen LogP contribution in [-0.2, 0) is 5.60 Å². The molecule has 0 spiro atoms. The van der Waals surface area contributed by atoms with Gasteiger partial charge in [-0.15, -0.1) is 6.42 Å². The summed E-state index contributed by atoms with van der Waals surface area (Å²) in [5.41, 5.74) is -0.949. The van der Waals surface area contributed by atoms with Crippen LogP contribution in [0.5, 0.6) is 0 Å². The molecule has 1 aromatic rings. The minimum atomic E-state index is -1.32. The first-order chi connectivity index (χ1) is 5.06. The maximum atomic E-state index is 9.45. The van der Waals surface area contributed by atoms with Gasteiger partial charge < -0.3 is 9.63 Å². The highest BCUT2D eigenvalue weighted by Gasteiger charge is 2.23. The molecule has 0 amide bonds. The van der Waals surface area contributed by atoms with Crippen LogP contribution in [0.1, 0.15) is 18.4 Å². The summed E-state index contributed by atoms with van der Waals surface area (Å²) < 4.78 is 4.75. The van der Waals surface area contributed by atoms with Gasteiger partial charge in [-0.1, -0.05) is 11.1 Å². The van der Waals surface area contributed by atoms with Crippen LogP contribution in [-0.4, -0.2) is 10.3 Å². The van der Waals surface area contributed by atoms with Gasteiger partial charge >= 0.3 is 0 Å². The van der Waals surface area contributed by atoms with Crippen LogP contribution in [0.4, 0.5) is 0 Å². The normalized spacial score (nSPS) is 15.5. The summed E-state index contributed by atoms with van der Waals surface area (Å²) in [6.07, 6.45) is 5.07. The van der Waals surface area contributed by atoms with Gasteiger partial charge in [0.05, 0.1) is 0 Å². The van der Waals surface area contributed by atoms with Gasteiger partial charge in [0, 0.05) is 6.07 Å². The Morgan fingerprint density at radius 3 is 2.82 bits per heavy atom. The molecule has 1 N–H and O–H groups in total. The lowest BCUT2D eigenvalue weighted by molar-refractivity contribution is 0.113. The van der Waals surface area contributed by atoms with Crippen LogP contribution in [0.25, 0.3) is 0 Å². The molecule has 58 valence electrons. The van der Waals surface area contributed by atoms with E-state index in [-0.39, 0.29) is 0 Å². The van der Waals surface area contributed by atoms with Gasteiger partial charge in [-0.2, -0.15) is 0 Å². The average molecular weight is 151 g/mol. The van der Waals surface area contributed by atoms with Gasteiger partial charge in [0.25, 0.3) is 0 Å². The van der Waals surface area contributed by atoms with Crippen molar-refractivity contribution in [1.82, 2.24) is 5.16 Å². The van der Waals surface area contributed by atoms with Crippen molar-refractivity contribution >= 4 is 0 Å². The fourth-order valence-corrected chi connectivity index (χ4v) is 0.670. The highest BCUT2D eigenvalue weighted by atomic mass is 16.5. The van der Waals surface area contributed by atoms with E-state index in [0.717, 1.165) is 0 Å². The van der Waals surface area contributed by atoms with Gasteiger partial charge in [0.2, 0.25) is 0 Å². The third-order valence-corrected chi connectivity index (χ3v) is 1.41. The molecule has 1 unspecified atom stereocenters. The molecule has 1 atom stereocenters. The summed E-state index contributed by atoms with van der Waals surface area (Å²) in [5.74, 6) is 2.84. The summed E-state index contributed by atoms with van der Waals surface area (Å²) in [4.78, 5) is 0. The lowest BCUT2D eigenvalue weighted by Gasteiger charge is -2.10. The van der Waals surface area contributed by atoms with Crippen LogP contribution in [0.3, 0.4) is 0 Å². The maximum absolute atomic E-state index is 9.45. The minimum absolute atomic E-state index is 0.373. The fourth-order valence-electron chi connectivity index (χ4n) is 0.670. The standard InChI is InChI=1S/C8H9NO2/c1-4-8(3,10)7-5-6(2)11-9-7/h1,5,10H,2-3H3. The first-order valence-electron chi connectivity index (χ1n) is 3.20. The van der Waals surface area contributed by atoms with E-state index in [1.165, 1.54) is 6.92 Å². The molecule has 1 aromatic heterocycles. The van der Waals surface area contributed by atoms with E-state index in [1.54, 1.807) is 13.0 Å². The Hall–Kier alpha value is -1.27. The van der Waals surface area contributed by atoms with E-state index >= 15 is 0 Å². The molecule has 0 aliphatic rings. The molecule has 0 saturated carbocycles. The molecule has 0 aliphatic heterocycles. The Morgan fingerprint density at radius 2 is 2.45 bits per heavy atom. The van der Waals surface area contributed by atoms with Crippen molar-refractivity contribution in [1.29, 1.82) is 0 Å². The summed E-state index contributed by atoms with van der Waals surface area (Å²) in [6, 6.07) is 1.61. The molecule has 11 heavy (non-hydrogen) atoms. The fraction of sp³-hybridized carbons (Fsp3) is 0.375. The molecular weight excluding hydrogens is 142 g/mol. The summed E-state index contributed by atoms with van der Waals surface area (Å²) >= 11 is 0. The number of nitrogens with zero attached hydrogens (tertiary/aromatic N) is 1. The van der Waals surface area contributed by atoms with E-state index < -0.39 is 5.60 Å². The van der Waals surface area contributed by atoms with E-state index in [9.17, 15) is 5.11 Å². The zero-order chi connectivity index (χ0) is 8.48. The van der Waals surface area contributed by atoms with Crippen molar-refractivity contribution < 1.29 is 9.63 Å². The van der Waals surface area contributed by atoms with E-state index in [0.29, 0.717) is 11.5 Å². The third-order valence-electron chi connectivity index (χ3n) is 1.41. The molecule has 0 radical (unpaired) electrons. The molecular formula is C8H9NO2. The van der Waals surface area contributed by atoms with Gasteiger partial charge in [0.15, 0.2) is 5.60 Å². The van der Waals surface area contributed by atoms with Gasteiger partial charge in [0.1, 0.15) is 11.5 Å². The van der Waals surface area contributed by atoms with E-state index in [2.05, 4.69) is 11.1 Å². The smallest absolute Gasteiger partial charge is 0.168 e. The molecule has 3 heteroatoms. The average Bonchev–Trinajstić information content (AvgIpc) is 2.36. The van der Waals surface area contributed by atoms with Crippen LogP contribution in [0.2, 0.25) is 0 Å². The Kier molecular flexibility index (Phi) is 1.71. The Morgan fingerprint density at radius 1 is 1.82 bits per heavy atom. The quantitative estimate of drug-likeness (QED) is 0.604. The molecule has 1 heterocycles. The Bertz CT molecular complexity index is 293. The van der Waals surface area contributed by atoms with Crippen LogP contribution >= 0.6 is 0 Å². The minimum Gasteiger partial charge on any atom is -0.372 e. The number of hydrogen-bond donors (Lipinski definition) is 1. The molecule has 0 bridgehead atoms. The predicted molar refractivity (Wildman–Crippen MR) is 39.6 cm³/mol. The van der Waals surface area contributed by atoms with Gasteiger partial charge in [-0.25, -0.2) is 0 Å². The Balaban J connectivity index is 3.04. The Labute approximate surface area is 65.0 Å². The van der Waals surface area contributed by atoms with Gasteiger partial charge in [-0.3, -0.25) is 0 Å². The topological polar surface area (TPSA) is 46.3 Å². The molecule has 0 fully saturated rings. The number of aromatic nitrogens is 1. The first kappa shape index (κ1) is 7.83. The molecule has 3 nitrogen and oxygen atoms in total. The number of rotatable bonds is 1. The highest BCUT2D eigenvalue weighted by Crippen LogP contribution is 2.18. The van der Waals surface area contributed by atoms with Crippen molar-refractivity contribution in [3.63, 3.8) is 0 Å². The number of hydrogen-bond acceptors (Lipinski definition) is 3. The molecule has 0 aromatic carbocycles. The number of aryl methyl sites for hydroxylation is 1. The predicted octanol–water partition coefficient (Wildman–Crippen LogP) is 0.824. The molecule has 1 rings (SSSR count). The van der Waals surface area contributed by atoms with Gasteiger partial charge in [-0.05, 0) is 13.8 Å². The van der Waals surface area contributed by atoms with Crippen LogP contribution < -0.4 is 0 Å². The highest BCUT2D eigenvalue weighted by molar-refractivity contribution is 5.22. The monoisotopic (exact) mass is 151 g/mol. The number of aliphatic hydroxyl groups is 1. The van der Waals surface area contributed by atoms with Crippen molar-refractivity contribution in [3.05, 3.63) is 17.5 Å². The SMILES string of the molecule is C#CC(C)(O)c1cc(C)on1. The third kappa shape index (κ3) is 1.41. The van der Waals surface area contributed by atoms with E-state index in [4.69, 9.17) is 10.9 Å². The van der Waals surface area contributed by atoms with Crippen LogP contribution in [0.15, 0.2) is 10.6 Å². The second-order valence-electron chi connectivity index (χ2n) is 2.54. The first-order valence-corrected chi connectivity index (χ1v) is 3.20. The van der Waals surface area contributed by atoms with Crippen molar-refractivity contribution in [2.24, 2.45) is 0 Å².